The minimum atomic E-state index is -0.944. The summed E-state index contributed by atoms with van der Waals surface area (Å²) in [4.78, 5) is 12.1. The van der Waals surface area contributed by atoms with Gasteiger partial charge in [0.25, 0.3) is 0 Å². The zero-order chi connectivity index (χ0) is 23.3. The van der Waals surface area contributed by atoms with Crippen molar-refractivity contribution in [2.75, 3.05) is 26.4 Å². The number of carbonyl (C=O) groups is 1. The second kappa shape index (κ2) is 20.0. The number of benzene rings is 1. The lowest BCUT2D eigenvalue weighted by Gasteiger charge is -2.10. The van der Waals surface area contributed by atoms with Gasteiger partial charge in [0.1, 0.15) is 18.5 Å². The van der Waals surface area contributed by atoms with E-state index in [9.17, 15) is 9.18 Å². The van der Waals surface area contributed by atoms with Gasteiger partial charge >= 0.3 is 5.97 Å². The van der Waals surface area contributed by atoms with E-state index in [1.165, 1.54) is 44.9 Å². The van der Waals surface area contributed by atoms with Gasteiger partial charge in [0.15, 0.2) is 0 Å². The maximum Gasteiger partial charge on any atom is 0.338 e. The zero-order valence-corrected chi connectivity index (χ0v) is 20.4. The van der Waals surface area contributed by atoms with Crippen molar-refractivity contribution in [1.29, 1.82) is 0 Å². The van der Waals surface area contributed by atoms with Crippen LogP contribution < -0.4 is 4.74 Å². The van der Waals surface area contributed by atoms with Crippen molar-refractivity contribution < 1.29 is 23.4 Å². The topological polar surface area (TPSA) is 44.8 Å². The number of carbonyl (C=O) groups excluding carboxylic acids is 1. The Balaban J connectivity index is 2.06. The van der Waals surface area contributed by atoms with Gasteiger partial charge in [-0.15, -0.1) is 0 Å². The first-order valence-corrected chi connectivity index (χ1v) is 12.8. The molecule has 0 radical (unpaired) electrons. The summed E-state index contributed by atoms with van der Waals surface area (Å²) in [7, 11) is 0. The standard InChI is InChI=1S/C27H45FO4/c1-3-5-7-9-10-11-12-14-20-31-26-18-16-24(17-19-26)27(29)32-22-21-30-23-25(28)15-13-8-6-4-2/h16-19,25H,3-15,20-23H2,1-2H3. The third kappa shape index (κ3) is 15.2. The number of hydrogen-bond acceptors (Lipinski definition) is 4. The van der Waals surface area contributed by atoms with Gasteiger partial charge in [-0.1, -0.05) is 84.5 Å². The van der Waals surface area contributed by atoms with Gasteiger partial charge in [0, 0.05) is 0 Å². The third-order valence-corrected chi connectivity index (χ3v) is 5.49. The lowest BCUT2D eigenvalue weighted by Crippen LogP contribution is -2.15. The molecule has 0 fully saturated rings. The molecule has 184 valence electrons. The van der Waals surface area contributed by atoms with Gasteiger partial charge in [0.2, 0.25) is 0 Å². The molecule has 0 spiro atoms. The van der Waals surface area contributed by atoms with Gasteiger partial charge in [-0.25, -0.2) is 9.18 Å². The molecule has 0 aliphatic rings. The molecular formula is C27H45FO4. The SMILES string of the molecule is CCCCCCCCCCOc1ccc(C(=O)OCCOCC(F)CCCCCC)cc1. The number of halogens is 1. The van der Waals surface area contributed by atoms with Crippen LogP contribution >= 0.6 is 0 Å². The molecule has 0 N–H and O–H groups in total. The molecule has 0 saturated heterocycles. The highest BCUT2D eigenvalue weighted by Gasteiger charge is 2.09. The molecule has 1 rings (SSSR count). The Morgan fingerprint density at radius 1 is 0.781 bits per heavy atom. The molecule has 4 nitrogen and oxygen atoms in total. The zero-order valence-electron chi connectivity index (χ0n) is 20.4. The molecule has 0 aliphatic carbocycles. The van der Waals surface area contributed by atoms with E-state index in [1.807, 2.05) is 0 Å². The molecule has 1 aromatic carbocycles. The first-order valence-electron chi connectivity index (χ1n) is 12.8. The molecule has 0 saturated carbocycles. The first kappa shape index (κ1) is 28.4. The van der Waals surface area contributed by atoms with E-state index in [2.05, 4.69) is 13.8 Å². The Kier molecular flexibility index (Phi) is 17.8. The van der Waals surface area contributed by atoms with Gasteiger partial charge in [-0.05, 0) is 37.1 Å². The van der Waals surface area contributed by atoms with E-state index < -0.39 is 12.1 Å². The van der Waals surface area contributed by atoms with E-state index in [-0.39, 0.29) is 19.8 Å². The van der Waals surface area contributed by atoms with E-state index in [0.717, 1.165) is 37.9 Å². The second-order valence-corrected chi connectivity index (χ2v) is 8.51. The van der Waals surface area contributed by atoms with E-state index in [0.29, 0.717) is 18.6 Å². The predicted octanol–water partition coefficient (Wildman–Crippen LogP) is 7.69. The van der Waals surface area contributed by atoms with Crippen molar-refractivity contribution in [1.82, 2.24) is 0 Å². The molecule has 0 aromatic heterocycles. The summed E-state index contributed by atoms with van der Waals surface area (Å²) in [5.74, 6) is 0.361. The summed E-state index contributed by atoms with van der Waals surface area (Å²) in [5.41, 5.74) is 0.476. The summed E-state index contributed by atoms with van der Waals surface area (Å²) < 4.78 is 29.9. The monoisotopic (exact) mass is 452 g/mol. The molecule has 1 aromatic rings. The van der Waals surface area contributed by atoms with Crippen LogP contribution in [0.3, 0.4) is 0 Å². The number of alkyl halides is 1. The quantitative estimate of drug-likeness (QED) is 0.142. The van der Waals surface area contributed by atoms with Crippen molar-refractivity contribution >= 4 is 5.97 Å². The summed E-state index contributed by atoms with van der Waals surface area (Å²) in [6.07, 6.45) is 14.0. The Morgan fingerprint density at radius 3 is 2.03 bits per heavy atom. The lowest BCUT2D eigenvalue weighted by molar-refractivity contribution is 0.0210. The van der Waals surface area contributed by atoms with Crippen LogP contribution in [0.4, 0.5) is 4.39 Å². The third-order valence-electron chi connectivity index (χ3n) is 5.49. The summed E-state index contributed by atoms with van der Waals surface area (Å²) in [6.45, 7) is 5.47. The highest BCUT2D eigenvalue weighted by molar-refractivity contribution is 5.89. The van der Waals surface area contributed by atoms with Crippen LogP contribution in [-0.4, -0.2) is 38.6 Å². The minimum Gasteiger partial charge on any atom is -0.494 e. The van der Waals surface area contributed by atoms with Crippen molar-refractivity contribution in [3.05, 3.63) is 29.8 Å². The number of hydrogen-bond donors (Lipinski definition) is 0. The Morgan fingerprint density at radius 2 is 1.38 bits per heavy atom. The molecule has 0 amide bonds. The van der Waals surface area contributed by atoms with Crippen molar-refractivity contribution in [2.24, 2.45) is 0 Å². The number of ether oxygens (including phenoxy) is 3. The van der Waals surface area contributed by atoms with Gasteiger partial charge in [-0.3, -0.25) is 0 Å². The van der Waals surface area contributed by atoms with Crippen LogP contribution in [0.1, 0.15) is 108 Å². The second-order valence-electron chi connectivity index (χ2n) is 8.51. The van der Waals surface area contributed by atoms with Gasteiger partial charge in [-0.2, -0.15) is 0 Å². The molecule has 5 heteroatoms. The van der Waals surface area contributed by atoms with Crippen LogP contribution in [0, 0.1) is 0 Å². The molecule has 0 aliphatic heterocycles. The number of unbranched alkanes of at least 4 members (excludes halogenated alkanes) is 10. The first-order chi connectivity index (χ1) is 15.7. The number of esters is 1. The Labute approximate surface area is 195 Å². The van der Waals surface area contributed by atoms with Gasteiger partial charge in [0.05, 0.1) is 25.4 Å². The molecular weight excluding hydrogens is 407 g/mol. The molecule has 1 atom stereocenters. The van der Waals surface area contributed by atoms with E-state index in [1.54, 1.807) is 24.3 Å². The number of rotatable bonds is 21. The Bertz CT molecular complexity index is 561. The van der Waals surface area contributed by atoms with Crippen LogP contribution in [0.25, 0.3) is 0 Å². The van der Waals surface area contributed by atoms with Crippen LogP contribution in [0.2, 0.25) is 0 Å². The molecule has 0 heterocycles. The molecule has 32 heavy (non-hydrogen) atoms. The average molecular weight is 453 g/mol. The Hall–Kier alpha value is -1.62. The summed E-state index contributed by atoms with van der Waals surface area (Å²) in [5, 5.41) is 0. The summed E-state index contributed by atoms with van der Waals surface area (Å²) >= 11 is 0. The van der Waals surface area contributed by atoms with Crippen LogP contribution in [0.5, 0.6) is 5.75 Å². The highest BCUT2D eigenvalue weighted by atomic mass is 19.1. The maximum absolute atomic E-state index is 13.7. The highest BCUT2D eigenvalue weighted by Crippen LogP contribution is 2.15. The van der Waals surface area contributed by atoms with E-state index >= 15 is 0 Å². The van der Waals surface area contributed by atoms with Crippen molar-refractivity contribution in [3.8, 4) is 5.75 Å². The van der Waals surface area contributed by atoms with Crippen LogP contribution in [0.15, 0.2) is 24.3 Å². The van der Waals surface area contributed by atoms with Gasteiger partial charge < -0.3 is 14.2 Å². The van der Waals surface area contributed by atoms with Crippen LogP contribution in [-0.2, 0) is 9.47 Å². The fraction of sp³-hybridized carbons (Fsp3) is 0.741. The smallest absolute Gasteiger partial charge is 0.338 e. The summed E-state index contributed by atoms with van der Waals surface area (Å²) in [6, 6.07) is 7.01. The lowest BCUT2D eigenvalue weighted by atomic mass is 10.1. The minimum absolute atomic E-state index is 0.0641. The fourth-order valence-corrected chi connectivity index (χ4v) is 3.48. The fourth-order valence-electron chi connectivity index (χ4n) is 3.48. The normalized spacial score (nSPS) is 12.0. The predicted molar refractivity (Wildman–Crippen MR) is 129 cm³/mol. The van der Waals surface area contributed by atoms with Crippen molar-refractivity contribution in [3.63, 3.8) is 0 Å². The molecule has 1 unspecified atom stereocenters. The maximum atomic E-state index is 13.7. The largest absolute Gasteiger partial charge is 0.494 e. The van der Waals surface area contributed by atoms with E-state index in [4.69, 9.17) is 14.2 Å². The molecule has 0 bridgehead atoms. The average Bonchev–Trinajstić information content (AvgIpc) is 2.81. The van der Waals surface area contributed by atoms with Crippen molar-refractivity contribution in [2.45, 2.75) is 103 Å².